The summed E-state index contributed by atoms with van der Waals surface area (Å²) >= 11 is 0. The predicted octanol–water partition coefficient (Wildman–Crippen LogP) is 3.62. The molecule has 3 rings (SSSR count). The Morgan fingerprint density at radius 2 is 1.84 bits per heavy atom. The van der Waals surface area contributed by atoms with Crippen LogP contribution in [0.2, 0.25) is 0 Å². The van der Waals surface area contributed by atoms with E-state index in [1.54, 1.807) is 24.0 Å². The van der Waals surface area contributed by atoms with Crippen LogP contribution < -0.4 is 5.32 Å². The zero-order valence-electron chi connectivity index (χ0n) is 28.1. The first-order chi connectivity index (χ1) is 20.5. The van der Waals surface area contributed by atoms with Gasteiger partial charge in [0.1, 0.15) is 17.7 Å². The van der Waals surface area contributed by atoms with Gasteiger partial charge in [-0.25, -0.2) is 0 Å². The number of amides is 3. The molecule has 44 heavy (non-hydrogen) atoms. The van der Waals surface area contributed by atoms with E-state index >= 15 is 0 Å². The number of fused-ring (bicyclic) bond motifs is 1. The van der Waals surface area contributed by atoms with Crippen LogP contribution >= 0.6 is 0 Å². The van der Waals surface area contributed by atoms with Gasteiger partial charge in [-0.1, -0.05) is 46.8 Å². The summed E-state index contributed by atoms with van der Waals surface area (Å²) in [5.74, 6) is -3.33. The minimum atomic E-state index is -1.22. The molecule has 2 bridgehead atoms. The second-order valence-corrected chi connectivity index (χ2v) is 15.0. The number of carbonyl (C=O) groups is 4. The monoisotopic (exact) mass is 617 g/mol. The molecule has 3 saturated heterocycles. The number of aliphatic hydroxyl groups is 1. The van der Waals surface area contributed by atoms with Gasteiger partial charge in [-0.3, -0.25) is 19.2 Å². The fourth-order valence-electron chi connectivity index (χ4n) is 7.82. The number of carbonyl (C=O) groups excluding carboxylic acids is 4. The van der Waals surface area contributed by atoms with Crippen LogP contribution in [0.25, 0.3) is 0 Å². The van der Waals surface area contributed by atoms with Crippen molar-refractivity contribution >= 4 is 23.7 Å². The fourth-order valence-corrected chi connectivity index (χ4v) is 7.82. The molecule has 7 atom stereocenters. The van der Waals surface area contributed by atoms with Crippen molar-refractivity contribution in [2.45, 2.75) is 123 Å². The number of nitrogens with zero attached hydrogens (tertiary/aromatic N) is 2. The minimum Gasteiger partial charge on any atom is -0.460 e. The average Bonchev–Trinajstić information content (AvgIpc) is 3.55. The molecule has 0 aromatic heterocycles. The molecule has 3 amide bonds. The molecular formula is C34H55N3O7. The van der Waals surface area contributed by atoms with E-state index in [0.29, 0.717) is 32.1 Å². The largest absolute Gasteiger partial charge is 0.460 e. The van der Waals surface area contributed by atoms with Gasteiger partial charge in [0.25, 0.3) is 0 Å². The molecule has 248 valence electrons. The highest BCUT2D eigenvalue weighted by atomic mass is 16.6. The summed E-state index contributed by atoms with van der Waals surface area (Å²) in [6.45, 7) is 23.5. The zero-order chi connectivity index (χ0) is 33.2. The van der Waals surface area contributed by atoms with Crippen molar-refractivity contribution in [1.82, 2.24) is 15.1 Å². The van der Waals surface area contributed by atoms with E-state index in [4.69, 9.17) is 9.47 Å². The molecule has 3 aliphatic heterocycles. The summed E-state index contributed by atoms with van der Waals surface area (Å²) < 4.78 is 12.4. The van der Waals surface area contributed by atoms with E-state index in [1.807, 2.05) is 27.7 Å². The molecule has 10 heteroatoms. The quantitative estimate of drug-likeness (QED) is 0.212. The smallest absolute Gasteiger partial charge is 0.312 e. The lowest BCUT2D eigenvalue weighted by Crippen LogP contribution is -2.63. The third-order valence-electron chi connectivity index (χ3n) is 9.31. The van der Waals surface area contributed by atoms with E-state index in [1.165, 1.54) is 4.90 Å². The Labute approximate surface area is 263 Å². The maximum atomic E-state index is 14.8. The van der Waals surface area contributed by atoms with Crippen LogP contribution in [0.15, 0.2) is 25.3 Å². The van der Waals surface area contributed by atoms with Gasteiger partial charge in [0, 0.05) is 18.5 Å². The number of esters is 1. The van der Waals surface area contributed by atoms with E-state index in [0.717, 1.165) is 0 Å². The van der Waals surface area contributed by atoms with Gasteiger partial charge in [-0.05, 0) is 57.8 Å². The van der Waals surface area contributed by atoms with Gasteiger partial charge in [-0.2, -0.15) is 0 Å². The number of aliphatic hydroxyl groups excluding tert-OH is 1. The Hall–Kier alpha value is -2.72. The number of allylic oxidation sites excluding steroid dienone is 1. The highest BCUT2D eigenvalue weighted by Crippen LogP contribution is 2.59. The standard InChI is InChI=1S/C34H55N3O7/c1-11-13-14-25(39)35-18-22(5)43-31(42)26-24-15-16-34(44-24)27(26)29(40)37(23(19-38)21(3)4)28(34)30(41)36(17-12-2)33(9,10)20-32(6,7)8/h11-12,21-24,26-28,38H,1-2,13-20H2,3-10H3,(H,35,39)/t22-,23+,24+,26-,27-,28+,34-/m1/s1. The first kappa shape index (κ1) is 35.8. The lowest BCUT2D eigenvalue weighted by molar-refractivity contribution is -0.161. The van der Waals surface area contributed by atoms with Crippen molar-refractivity contribution in [3.05, 3.63) is 25.3 Å². The molecule has 10 nitrogen and oxygen atoms in total. The molecule has 0 unspecified atom stereocenters. The number of hydrogen-bond donors (Lipinski definition) is 2. The summed E-state index contributed by atoms with van der Waals surface area (Å²) in [6.07, 6.45) is 4.65. The lowest BCUT2D eigenvalue weighted by Gasteiger charge is -2.46. The maximum Gasteiger partial charge on any atom is 0.312 e. The Morgan fingerprint density at radius 1 is 1.18 bits per heavy atom. The molecule has 2 N–H and O–H groups in total. The van der Waals surface area contributed by atoms with Crippen molar-refractivity contribution in [3.63, 3.8) is 0 Å². The van der Waals surface area contributed by atoms with Gasteiger partial charge in [0.05, 0.1) is 37.1 Å². The fraction of sp³-hybridized carbons (Fsp3) is 0.765. The van der Waals surface area contributed by atoms with Crippen LogP contribution in [0, 0.1) is 23.2 Å². The normalized spacial score (nSPS) is 27.6. The van der Waals surface area contributed by atoms with Gasteiger partial charge in [-0.15, -0.1) is 13.2 Å². The summed E-state index contributed by atoms with van der Waals surface area (Å²) in [6, 6.07) is -1.65. The second kappa shape index (κ2) is 13.7. The topological polar surface area (TPSA) is 125 Å². The zero-order valence-corrected chi connectivity index (χ0v) is 28.1. The van der Waals surface area contributed by atoms with Crippen molar-refractivity contribution in [3.8, 4) is 0 Å². The van der Waals surface area contributed by atoms with Crippen molar-refractivity contribution in [2.75, 3.05) is 19.7 Å². The molecule has 0 aliphatic carbocycles. The van der Waals surface area contributed by atoms with Crippen molar-refractivity contribution in [2.24, 2.45) is 23.2 Å². The van der Waals surface area contributed by atoms with E-state index in [2.05, 4.69) is 39.2 Å². The third kappa shape index (κ3) is 7.06. The van der Waals surface area contributed by atoms with Crippen LogP contribution in [0.5, 0.6) is 0 Å². The Kier molecular flexibility index (Phi) is 11.2. The number of ether oxygens (including phenoxy) is 2. The van der Waals surface area contributed by atoms with Gasteiger partial charge in [0.2, 0.25) is 17.7 Å². The first-order valence-electron chi connectivity index (χ1n) is 16.1. The summed E-state index contributed by atoms with van der Waals surface area (Å²) in [7, 11) is 0. The summed E-state index contributed by atoms with van der Waals surface area (Å²) in [4.78, 5) is 58.3. The molecule has 1 spiro atoms. The molecule has 3 heterocycles. The maximum absolute atomic E-state index is 14.8. The Morgan fingerprint density at radius 3 is 2.39 bits per heavy atom. The minimum absolute atomic E-state index is 0.0836. The van der Waals surface area contributed by atoms with Crippen molar-refractivity contribution in [1.29, 1.82) is 0 Å². The van der Waals surface area contributed by atoms with Gasteiger partial charge >= 0.3 is 5.97 Å². The van der Waals surface area contributed by atoms with Crippen LogP contribution in [-0.2, 0) is 28.7 Å². The van der Waals surface area contributed by atoms with E-state index in [9.17, 15) is 24.3 Å². The van der Waals surface area contributed by atoms with Crippen LogP contribution in [0.4, 0.5) is 0 Å². The molecular weight excluding hydrogens is 562 g/mol. The van der Waals surface area contributed by atoms with Crippen LogP contribution in [-0.4, -0.2) is 93.7 Å². The summed E-state index contributed by atoms with van der Waals surface area (Å²) in [5.41, 5.74) is -1.88. The SMILES string of the molecule is C=CCCC(=O)NC[C@@H](C)OC(=O)[C@@H]1[C@@H]2CC[C@]3(O2)[C@H](C(=O)N(CC=C)C(C)(C)CC(C)(C)C)N([C@@H](CO)C(C)C)C(=O)[C@@H]13. The molecule has 0 aromatic rings. The highest BCUT2D eigenvalue weighted by Gasteiger charge is 2.76. The Balaban J connectivity index is 1.98. The second-order valence-electron chi connectivity index (χ2n) is 15.0. The predicted molar refractivity (Wildman–Crippen MR) is 168 cm³/mol. The Bertz CT molecular complexity index is 1110. The van der Waals surface area contributed by atoms with E-state index in [-0.39, 0.29) is 48.8 Å². The molecule has 3 aliphatic rings. The van der Waals surface area contributed by atoms with Gasteiger partial charge in [0.15, 0.2) is 0 Å². The molecule has 0 radical (unpaired) electrons. The molecule has 3 fully saturated rings. The third-order valence-corrected chi connectivity index (χ3v) is 9.31. The number of nitrogens with one attached hydrogen (secondary N) is 1. The number of hydrogen-bond acceptors (Lipinski definition) is 7. The van der Waals surface area contributed by atoms with Crippen LogP contribution in [0.1, 0.15) is 87.5 Å². The lowest BCUT2D eigenvalue weighted by atomic mass is 9.70. The van der Waals surface area contributed by atoms with E-state index < -0.39 is 53.2 Å². The number of likely N-dealkylation sites (tertiary alicyclic amines) is 1. The first-order valence-corrected chi connectivity index (χ1v) is 16.1. The highest BCUT2D eigenvalue weighted by molar-refractivity contribution is 5.98. The van der Waals surface area contributed by atoms with Crippen molar-refractivity contribution < 1.29 is 33.8 Å². The number of rotatable bonds is 15. The average molecular weight is 618 g/mol. The molecule has 0 aromatic carbocycles. The molecule has 0 saturated carbocycles. The summed E-state index contributed by atoms with van der Waals surface area (Å²) in [5, 5.41) is 13.3. The van der Waals surface area contributed by atoms with Crippen LogP contribution in [0.3, 0.4) is 0 Å². The van der Waals surface area contributed by atoms with Gasteiger partial charge < -0.3 is 29.7 Å².